The van der Waals surface area contributed by atoms with Gasteiger partial charge in [-0.3, -0.25) is 0 Å². The Morgan fingerprint density at radius 2 is 2.13 bits per heavy atom. The van der Waals surface area contributed by atoms with Crippen molar-refractivity contribution in [3.05, 3.63) is 52.2 Å². The second kappa shape index (κ2) is 8.58. The lowest BCUT2D eigenvalue weighted by Gasteiger charge is -2.11. The number of nitrogens with zero attached hydrogens (tertiary/aromatic N) is 2. The highest BCUT2D eigenvalue weighted by Crippen LogP contribution is 2.11. The zero-order valence-corrected chi connectivity index (χ0v) is 14.6. The van der Waals surface area contributed by atoms with Crippen molar-refractivity contribution in [1.82, 2.24) is 15.6 Å². The van der Waals surface area contributed by atoms with E-state index in [1.54, 1.807) is 0 Å². The molecule has 0 aliphatic carbocycles. The summed E-state index contributed by atoms with van der Waals surface area (Å²) in [4.78, 5) is 8.83. The third-order valence-corrected chi connectivity index (χ3v) is 3.62. The number of aryl methyl sites for hydroxylation is 2. The van der Waals surface area contributed by atoms with Gasteiger partial charge >= 0.3 is 0 Å². The minimum atomic E-state index is 0.418. The maximum absolute atomic E-state index is 5.99. The number of aromatic nitrogens is 1. The van der Waals surface area contributed by atoms with Crippen LogP contribution >= 0.6 is 11.6 Å². The van der Waals surface area contributed by atoms with Crippen LogP contribution in [0.25, 0.3) is 0 Å². The van der Waals surface area contributed by atoms with E-state index < -0.39 is 0 Å². The van der Waals surface area contributed by atoms with Crippen LogP contribution in [-0.2, 0) is 13.0 Å². The molecule has 124 valence electrons. The molecule has 2 rings (SSSR count). The summed E-state index contributed by atoms with van der Waals surface area (Å²) in [5.74, 6) is 2.23. The third-order valence-electron chi connectivity index (χ3n) is 3.38. The van der Waals surface area contributed by atoms with Crippen LogP contribution in [0.15, 0.2) is 33.7 Å². The quantitative estimate of drug-likeness (QED) is 0.629. The molecule has 1 heterocycles. The van der Waals surface area contributed by atoms with Gasteiger partial charge in [0.2, 0.25) is 5.89 Å². The lowest BCUT2D eigenvalue weighted by Crippen LogP contribution is -2.38. The normalized spacial score (nSPS) is 11.6. The van der Waals surface area contributed by atoms with Crippen LogP contribution in [0.3, 0.4) is 0 Å². The Hall–Kier alpha value is -2.01. The molecule has 0 amide bonds. The topological polar surface area (TPSA) is 62.5 Å². The van der Waals surface area contributed by atoms with Crippen molar-refractivity contribution >= 4 is 17.6 Å². The molecule has 1 aromatic heterocycles. The maximum Gasteiger partial charge on any atom is 0.216 e. The van der Waals surface area contributed by atoms with Gasteiger partial charge in [-0.15, -0.1) is 0 Å². The van der Waals surface area contributed by atoms with Crippen molar-refractivity contribution in [3.63, 3.8) is 0 Å². The molecule has 23 heavy (non-hydrogen) atoms. The van der Waals surface area contributed by atoms with Gasteiger partial charge in [0.05, 0.1) is 5.69 Å². The van der Waals surface area contributed by atoms with E-state index in [0.29, 0.717) is 12.4 Å². The molecule has 1 aromatic carbocycles. The summed E-state index contributed by atoms with van der Waals surface area (Å²) in [5.41, 5.74) is 2.11. The fraction of sp³-hybridized carbons (Fsp3) is 0.412. The number of hydrogen-bond donors (Lipinski definition) is 2. The molecule has 0 saturated heterocycles. The molecule has 0 radical (unpaired) electrons. The van der Waals surface area contributed by atoms with E-state index in [-0.39, 0.29) is 0 Å². The summed E-state index contributed by atoms with van der Waals surface area (Å²) >= 11 is 5.99. The number of guanidine groups is 1. The second-order valence-electron chi connectivity index (χ2n) is 5.25. The molecule has 2 aromatic rings. The van der Waals surface area contributed by atoms with Crippen LogP contribution in [0, 0.1) is 13.8 Å². The summed E-state index contributed by atoms with van der Waals surface area (Å²) < 4.78 is 5.54. The predicted molar refractivity (Wildman–Crippen MR) is 94.0 cm³/mol. The molecule has 5 nitrogen and oxygen atoms in total. The lowest BCUT2D eigenvalue weighted by atomic mass is 10.1. The Balaban J connectivity index is 1.88. The first-order valence-electron chi connectivity index (χ1n) is 7.78. The number of halogens is 1. The summed E-state index contributed by atoms with van der Waals surface area (Å²) in [6.07, 6.45) is 0.877. The van der Waals surface area contributed by atoms with Gasteiger partial charge in [0, 0.05) is 18.1 Å². The highest BCUT2D eigenvalue weighted by molar-refractivity contribution is 6.30. The van der Waals surface area contributed by atoms with Crippen molar-refractivity contribution in [1.29, 1.82) is 0 Å². The van der Waals surface area contributed by atoms with Crippen molar-refractivity contribution in [2.45, 2.75) is 33.7 Å². The number of benzene rings is 1. The Kier molecular flexibility index (Phi) is 6.47. The fourth-order valence-electron chi connectivity index (χ4n) is 2.11. The van der Waals surface area contributed by atoms with E-state index in [4.69, 9.17) is 16.0 Å². The Bertz CT molecular complexity index is 647. The minimum absolute atomic E-state index is 0.418. The van der Waals surface area contributed by atoms with E-state index in [2.05, 4.69) is 26.7 Å². The standard InChI is InChI=1S/C17H23ClN4O/c1-4-19-17(21-11-16-22-12(2)13(3)23-16)20-9-8-14-6-5-7-15(18)10-14/h5-7,10H,4,8-9,11H2,1-3H3,(H2,19,20,21). The first kappa shape index (κ1) is 17.3. The van der Waals surface area contributed by atoms with Crippen LogP contribution in [-0.4, -0.2) is 24.0 Å². The van der Waals surface area contributed by atoms with Gasteiger partial charge in [0.25, 0.3) is 0 Å². The van der Waals surface area contributed by atoms with Gasteiger partial charge in [0.1, 0.15) is 12.3 Å². The van der Waals surface area contributed by atoms with Gasteiger partial charge < -0.3 is 15.1 Å². The number of rotatable bonds is 6. The molecule has 0 atom stereocenters. The highest BCUT2D eigenvalue weighted by Gasteiger charge is 2.05. The first-order valence-corrected chi connectivity index (χ1v) is 8.15. The van der Waals surface area contributed by atoms with Crippen molar-refractivity contribution in [2.75, 3.05) is 13.1 Å². The summed E-state index contributed by atoms with van der Waals surface area (Å²) in [5, 5.41) is 7.28. The van der Waals surface area contributed by atoms with Gasteiger partial charge in [0.15, 0.2) is 5.96 Å². The molecule has 0 unspecified atom stereocenters. The van der Waals surface area contributed by atoms with Crippen LogP contribution in [0.4, 0.5) is 0 Å². The number of hydrogen-bond acceptors (Lipinski definition) is 3. The lowest BCUT2D eigenvalue weighted by molar-refractivity contribution is 0.473. The molecule has 6 heteroatoms. The Morgan fingerprint density at radius 3 is 2.78 bits per heavy atom. The highest BCUT2D eigenvalue weighted by atomic mass is 35.5. The molecular weight excluding hydrogens is 312 g/mol. The van der Waals surface area contributed by atoms with Gasteiger partial charge in [-0.05, 0) is 44.9 Å². The van der Waals surface area contributed by atoms with Crippen LogP contribution in [0.1, 0.15) is 29.8 Å². The monoisotopic (exact) mass is 334 g/mol. The van der Waals surface area contributed by atoms with Crippen molar-refractivity contribution < 1.29 is 4.42 Å². The van der Waals surface area contributed by atoms with E-state index in [0.717, 1.165) is 41.9 Å². The molecule has 0 bridgehead atoms. The molecule has 0 aliphatic rings. The van der Waals surface area contributed by atoms with Gasteiger partial charge in [-0.1, -0.05) is 23.7 Å². The van der Waals surface area contributed by atoms with Gasteiger partial charge in [-0.25, -0.2) is 9.98 Å². The number of aliphatic imine (C=N–C) groups is 1. The van der Waals surface area contributed by atoms with Crippen molar-refractivity contribution in [2.24, 2.45) is 4.99 Å². The number of nitrogens with one attached hydrogen (secondary N) is 2. The SMILES string of the molecule is CCNC(=NCc1nc(C)c(C)o1)NCCc1cccc(Cl)c1. The predicted octanol–water partition coefficient (Wildman–Crippen LogP) is 3.24. The van der Waals surface area contributed by atoms with Crippen molar-refractivity contribution in [3.8, 4) is 0 Å². The molecule has 0 saturated carbocycles. The zero-order valence-electron chi connectivity index (χ0n) is 13.8. The van der Waals surface area contributed by atoms with Gasteiger partial charge in [-0.2, -0.15) is 0 Å². The van der Waals surface area contributed by atoms with E-state index in [1.807, 2.05) is 39.0 Å². The maximum atomic E-state index is 5.99. The first-order chi connectivity index (χ1) is 11.1. The van der Waals surface area contributed by atoms with Crippen LogP contribution < -0.4 is 10.6 Å². The average Bonchev–Trinajstić information content (AvgIpc) is 2.83. The third kappa shape index (κ3) is 5.60. The smallest absolute Gasteiger partial charge is 0.216 e. The average molecular weight is 335 g/mol. The Morgan fingerprint density at radius 1 is 1.30 bits per heavy atom. The van der Waals surface area contributed by atoms with E-state index in [1.165, 1.54) is 5.56 Å². The molecule has 0 aliphatic heterocycles. The van der Waals surface area contributed by atoms with E-state index in [9.17, 15) is 0 Å². The Labute approximate surface area is 142 Å². The zero-order chi connectivity index (χ0) is 16.7. The largest absolute Gasteiger partial charge is 0.444 e. The van der Waals surface area contributed by atoms with E-state index >= 15 is 0 Å². The number of oxazole rings is 1. The minimum Gasteiger partial charge on any atom is -0.444 e. The second-order valence-corrected chi connectivity index (χ2v) is 5.69. The fourth-order valence-corrected chi connectivity index (χ4v) is 2.33. The summed E-state index contributed by atoms with van der Waals surface area (Å²) in [6.45, 7) is 7.86. The summed E-state index contributed by atoms with van der Waals surface area (Å²) in [6, 6.07) is 7.89. The molecule has 0 spiro atoms. The molecular formula is C17H23ClN4O. The summed E-state index contributed by atoms with van der Waals surface area (Å²) in [7, 11) is 0. The van der Waals surface area contributed by atoms with Crippen LogP contribution in [0.2, 0.25) is 5.02 Å². The molecule has 0 fully saturated rings. The van der Waals surface area contributed by atoms with Crippen LogP contribution in [0.5, 0.6) is 0 Å². The molecule has 2 N–H and O–H groups in total.